The minimum Gasteiger partial charge on any atom is -0.380 e. The van der Waals surface area contributed by atoms with Crippen molar-refractivity contribution in [3.8, 4) is 0 Å². The van der Waals surface area contributed by atoms with Gasteiger partial charge in [0.25, 0.3) is 0 Å². The molecule has 1 aliphatic rings. The van der Waals surface area contributed by atoms with Gasteiger partial charge >= 0.3 is 0 Å². The molecule has 0 aromatic rings. The van der Waals surface area contributed by atoms with E-state index >= 15 is 0 Å². The van der Waals surface area contributed by atoms with Crippen LogP contribution in [0.3, 0.4) is 0 Å². The van der Waals surface area contributed by atoms with E-state index in [4.69, 9.17) is 10.5 Å². The molecule has 0 bridgehead atoms. The number of methoxy groups -OCH3 is 1. The third kappa shape index (κ3) is 3.68. The van der Waals surface area contributed by atoms with Gasteiger partial charge in [0.2, 0.25) is 5.91 Å². The summed E-state index contributed by atoms with van der Waals surface area (Å²) in [5.74, 6) is 0.830. The molecule has 17 heavy (non-hydrogen) atoms. The first kappa shape index (κ1) is 14.5. The molecule has 0 aliphatic heterocycles. The van der Waals surface area contributed by atoms with E-state index in [0.717, 1.165) is 31.6 Å². The number of ether oxygens (including phenoxy) is 1. The minimum atomic E-state index is -0.333. The van der Waals surface area contributed by atoms with Crippen molar-refractivity contribution in [3.05, 3.63) is 0 Å². The predicted octanol–water partition coefficient (Wildman–Crippen LogP) is 1.29. The Bertz CT molecular complexity index is 248. The third-order valence-corrected chi connectivity index (χ3v) is 4.06. The van der Waals surface area contributed by atoms with Crippen LogP contribution in [-0.2, 0) is 9.53 Å². The molecule has 0 spiro atoms. The van der Waals surface area contributed by atoms with E-state index in [1.54, 1.807) is 7.11 Å². The first-order valence-electron chi connectivity index (χ1n) is 6.55. The summed E-state index contributed by atoms with van der Waals surface area (Å²) in [6, 6.07) is 0. The monoisotopic (exact) mass is 242 g/mol. The van der Waals surface area contributed by atoms with E-state index in [9.17, 15) is 4.79 Å². The molecule has 1 rings (SSSR count). The maximum absolute atomic E-state index is 12.2. The van der Waals surface area contributed by atoms with Crippen molar-refractivity contribution in [3.63, 3.8) is 0 Å². The molecule has 1 saturated carbocycles. The fraction of sp³-hybridized carbons (Fsp3) is 0.923. The largest absolute Gasteiger partial charge is 0.380 e. The number of nitrogens with two attached hydrogens (primary N) is 1. The highest BCUT2D eigenvalue weighted by Gasteiger charge is 2.39. The number of carbonyl (C=O) groups excluding carboxylic acids is 1. The third-order valence-electron chi connectivity index (χ3n) is 4.06. The smallest absolute Gasteiger partial charge is 0.227 e. The first-order valence-corrected chi connectivity index (χ1v) is 6.55. The molecule has 0 aromatic heterocycles. The van der Waals surface area contributed by atoms with E-state index < -0.39 is 0 Å². The van der Waals surface area contributed by atoms with Gasteiger partial charge in [-0.1, -0.05) is 6.92 Å². The normalized spacial score (nSPS) is 30.9. The summed E-state index contributed by atoms with van der Waals surface area (Å²) >= 11 is 0. The summed E-state index contributed by atoms with van der Waals surface area (Å²) in [6.07, 6.45) is 4.08. The van der Waals surface area contributed by atoms with Crippen LogP contribution in [0, 0.1) is 11.3 Å². The summed E-state index contributed by atoms with van der Waals surface area (Å²) < 4.78 is 5.13. The summed E-state index contributed by atoms with van der Waals surface area (Å²) in [4.78, 5) is 12.2. The number of carbonyl (C=O) groups is 1. The first-order chi connectivity index (χ1) is 8.04. The zero-order valence-corrected chi connectivity index (χ0v) is 11.3. The average molecular weight is 242 g/mol. The van der Waals surface area contributed by atoms with Gasteiger partial charge in [0, 0.05) is 20.2 Å². The highest BCUT2D eigenvalue weighted by Crippen LogP contribution is 2.38. The van der Waals surface area contributed by atoms with E-state index in [1.807, 2.05) is 6.92 Å². The maximum atomic E-state index is 12.2. The molecular formula is C13H26N2O2. The van der Waals surface area contributed by atoms with Gasteiger partial charge in [-0.2, -0.15) is 0 Å². The number of hydrogen-bond donors (Lipinski definition) is 2. The second-order valence-corrected chi connectivity index (χ2v) is 5.42. The number of nitrogens with one attached hydrogen (secondary N) is 1. The molecule has 4 nitrogen and oxygen atoms in total. The molecule has 0 radical (unpaired) electrons. The zero-order chi connectivity index (χ0) is 12.9. The van der Waals surface area contributed by atoms with Crippen molar-refractivity contribution in [2.75, 3.05) is 20.2 Å². The Hall–Kier alpha value is -0.610. The highest BCUT2D eigenvalue weighted by atomic mass is 16.5. The van der Waals surface area contributed by atoms with Gasteiger partial charge in [0.1, 0.15) is 0 Å². The van der Waals surface area contributed by atoms with Crippen molar-refractivity contribution in [2.45, 2.75) is 45.6 Å². The molecule has 0 saturated heterocycles. The van der Waals surface area contributed by atoms with Gasteiger partial charge in [-0.3, -0.25) is 4.79 Å². The SMILES string of the molecule is COC(C)CNC(=O)C1(CN)CCC(C)CC1. The van der Waals surface area contributed by atoms with Crippen LogP contribution >= 0.6 is 0 Å². The van der Waals surface area contributed by atoms with E-state index in [2.05, 4.69) is 12.2 Å². The van der Waals surface area contributed by atoms with Gasteiger partial charge in [0.15, 0.2) is 0 Å². The lowest BCUT2D eigenvalue weighted by molar-refractivity contribution is -0.133. The summed E-state index contributed by atoms with van der Waals surface area (Å²) in [5, 5.41) is 2.97. The quantitative estimate of drug-likeness (QED) is 0.763. The van der Waals surface area contributed by atoms with Crippen LogP contribution < -0.4 is 11.1 Å². The Labute approximate surface area is 104 Å². The van der Waals surface area contributed by atoms with Gasteiger partial charge < -0.3 is 15.8 Å². The predicted molar refractivity (Wildman–Crippen MR) is 68.6 cm³/mol. The maximum Gasteiger partial charge on any atom is 0.227 e. The van der Waals surface area contributed by atoms with Crippen LogP contribution in [0.4, 0.5) is 0 Å². The lowest BCUT2D eigenvalue weighted by Crippen LogP contribution is -2.49. The molecular weight excluding hydrogens is 216 g/mol. The topological polar surface area (TPSA) is 64.3 Å². The zero-order valence-electron chi connectivity index (χ0n) is 11.3. The molecule has 0 aromatic carbocycles. The summed E-state index contributed by atoms with van der Waals surface area (Å²) in [6.45, 7) is 5.20. The van der Waals surface area contributed by atoms with Crippen LogP contribution in [0.5, 0.6) is 0 Å². The number of rotatable bonds is 5. The van der Waals surface area contributed by atoms with Crippen molar-refractivity contribution in [1.29, 1.82) is 0 Å². The van der Waals surface area contributed by atoms with E-state index in [0.29, 0.717) is 13.1 Å². The van der Waals surface area contributed by atoms with Crippen LogP contribution in [0.1, 0.15) is 39.5 Å². The Morgan fingerprint density at radius 2 is 2.12 bits per heavy atom. The average Bonchev–Trinajstić information content (AvgIpc) is 2.36. The highest BCUT2D eigenvalue weighted by molar-refractivity contribution is 5.83. The van der Waals surface area contributed by atoms with Crippen molar-refractivity contribution >= 4 is 5.91 Å². The molecule has 0 heterocycles. The van der Waals surface area contributed by atoms with Crippen LogP contribution in [0.15, 0.2) is 0 Å². The molecule has 1 atom stereocenters. The molecule has 3 N–H and O–H groups in total. The fourth-order valence-electron chi connectivity index (χ4n) is 2.35. The van der Waals surface area contributed by atoms with Crippen LogP contribution in [0.2, 0.25) is 0 Å². The second kappa shape index (κ2) is 6.36. The molecule has 100 valence electrons. The van der Waals surface area contributed by atoms with Crippen LogP contribution in [0.25, 0.3) is 0 Å². The van der Waals surface area contributed by atoms with Crippen molar-refractivity contribution < 1.29 is 9.53 Å². The van der Waals surface area contributed by atoms with Gasteiger partial charge in [-0.25, -0.2) is 0 Å². The molecule has 1 unspecified atom stereocenters. The van der Waals surface area contributed by atoms with Crippen LogP contribution in [-0.4, -0.2) is 32.2 Å². The van der Waals surface area contributed by atoms with Crippen molar-refractivity contribution in [2.24, 2.45) is 17.1 Å². The number of amides is 1. The second-order valence-electron chi connectivity index (χ2n) is 5.42. The molecule has 1 amide bonds. The lowest BCUT2D eigenvalue weighted by Gasteiger charge is -2.37. The summed E-state index contributed by atoms with van der Waals surface area (Å²) in [5.41, 5.74) is 5.50. The number of hydrogen-bond acceptors (Lipinski definition) is 3. The van der Waals surface area contributed by atoms with Crippen molar-refractivity contribution in [1.82, 2.24) is 5.32 Å². The summed E-state index contributed by atoms with van der Waals surface area (Å²) in [7, 11) is 1.65. The van der Waals surface area contributed by atoms with Gasteiger partial charge in [0.05, 0.1) is 11.5 Å². The standard InChI is InChI=1S/C13H26N2O2/c1-10-4-6-13(9-14,7-5-10)12(16)15-8-11(2)17-3/h10-11H,4-9,14H2,1-3H3,(H,15,16). The Morgan fingerprint density at radius 3 is 2.59 bits per heavy atom. The van der Waals surface area contributed by atoms with E-state index in [1.165, 1.54) is 0 Å². The Kier molecular flexibility index (Phi) is 5.40. The lowest BCUT2D eigenvalue weighted by atomic mass is 9.70. The van der Waals surface area contributed by atoms with Gasteiger partial charge in [-0.15, -0.1) is 0 Å². The molecule has 1 aliphatic carbocycles. The van der Waals surface area contributed by atoms with Gasteiger partial charge in [-0.05, 0) is 38.5 Å². The minimum absolute atomic E-state index is 0.0521. The molecule has 4 heteroatoms. The Morgan fingerprint density at radius 1 is 1.53 bits per heavy atom. The Balaban J connectivity index is 2.51. The molecule has 1 fully saturated rings. The fourth-order valence-corrected chi connectivity index (χ4v) is 2.35. The van der Waals surface area contributed by atoms with E-state index in [-0.39, 0.29) is 17.4 Å².